The van der Waals surface area contributed by atoms with Gasteiger partial charge < -0.3 is 19.7 Å². The number of hydrogen-bond acceptors (Lipinski definition) is 6. The summed E-state index contributed by atoms with van der Waals surface area (Å²) in [6.07, 6.45) is 5.14. The highest BCUT2D eigenvalue weighted by atomic mass is 19.1. The zero-order valence-corrected chi connectivity index (χ0v) is 23.7. The first-order valence-corrected chi connectivity index (χ1v) is 14.5. The van der Waals surface area contributed by atoms with Crippen LogP contribution in [0.3, 0.4) is 0 Å². The molecule has 1 saturated carbocycles. The molecule has 8 heteroatoms. The number of nitrogens with one attached hydrogen (secondary N) is 1. The van der Waals surface area contributed by atoms with E-state index in [1.54, 1.807) is 12.3 Å². The summed E-state index contributed by atoms with van der Waals surface area (Å²) in [5, 5.41) is 3.09. The Morgan fingerprint density at radius 3 is 2.39 bits per heavy atom. The van der Waals surface area contributed by atoms with E-state index in [0.717, 1.165) is 67.6 Å². The van der Waals surface area contributed by atoms with Gasteiger partial charge in [-0.2, -0.15) is 0 Å². The van der Waals surface area contributed by atoms with Crippen LogP contribution in [0.2, 0.25) is 0 Å². The van der Waals surface area contributed by atoms with Crippen molar-refractivity contribution in [1.29, 1.82) is 0 Å². The third-order valence-corrected chi connectivity index (χ3v) is 8.54. The largest absolute Gasteiger partial charge is 0.381 e. The lowest BCUT2D eigenvalue weighted by atomic mass is 9.70. The zero-order chi connectivity index (χ0) is 28.4. The van der Waals surface area contributed by atoms with Crippen molar-refractivity contribution in [3.8, 4) is 0 Å². The fourth-order valence-corrected chi connectivity index (χ4v) is 6.29. The van der Waals surface area contributed by atoms with Gasteiger partial charge in [0.2, 0.25) is 0 Å². The minimum absolute atomic E-state index is 0.127. The summed E-state index contributed by atoms with van der Waals surface area (Å²) >= 11 is 0. The molecular formula is C33H37FN4O3. The van der Waals surface area contributed by atoms with Crippen molar-refractivity contribution in [3.05, 3.63) is 100 Å². The van der Waals surface area contributed by atoms with E-state index >= 15 is 0 Å². The lowest BCUT2D eigenvalue weighted by molar-refractivity contribution is -0.124. The van der Waals surface area contributed by atoms with Crippen LogP contribution in [0.1, 0.15) is 77.6 Å². The van der Waals surface area contributed by atoms with E-state index in [9.17, 15) is 9.18 Å². The van der Waals surface area contributed by atoms with E-state index in [2.05, 4.69) is 51.5 Å². The molecule has 2 saturated heterocycles. The molecule has 1 aliphatic carbocycles. The minimum Gasteiger partial charge on any atom is -0.381 e. The fraction of sp³-hybridized carbons (Fsp3) is 0.424. The third-order valence-electron chi connectivity index (χ3n) is 8.54. The predicted octanol–water partition coefficient (Wildman–Crippen LogP) is 5.30. The summed E-state index contributed by atoms with van der Waals surface area (Å²) in [5.74, 6) is 0.469. The van der Waals surface area contributed by atoms with Crippen molar-refractivity contribution in [3.63, 3.8) is 0 Å². The van der Waals surface area contributed by atoms with Crippen molar-refractivity contribution in [2.75, 3.05) is 40.0 Å². The van der Waals surface area contributed by atoms with E-state index in [-0.39, 0.29) is 29.3 Å². The Balaban J connectivity index is 1.19. The van der Waals surface area contributed by atoms with Gasteiger partial charge in [0.25, 0.3) is 5.91 Å². The number of likely N-dealkylation sites (N-methyl/N-ethyl adjacent to an activating group) is 1. The first-order chi connectivity index (χ1) is 19.9. The van der Waals surface area contributed by atoms with Crippen LogP contribution in [0.4, 0.5) is 4.39 Å². The second-order valence-electron chi connectivity index (χ2n) is 11.6. The number of rotatable bonds is 6. The molecule has 3 aliphatic rings. The maximum atomic E-state index is 13.8. The fourth-order valence-electron chi connectivity index (χ4n) is 6.29. The minimum atomic E-state index is -0.246. The predicted molar refractivity (Wildman–Crippen MR) is 155 cm³/mol. The molecular weight excluding hydrogens is 519 g/mol. The number of hydrogen-bond donors (Lipinski definition) is 1. The van der Waals surface area contributed by atoms with E-state index in [1.807, 2.05) is 19.1 Å². The Kier molecular flexibility index (Phi) is 7.97. The van der Waals surface area contributed by atoms with Crippen LogP contribution >= 0.6 is 0 Å². The van der Waals surface area contributed by atoms with Crippen LogP contribution in [-0.2, 0) is 9.47 Å². The van der Waals surface area contributed by atoms with Crippen molar-refractivity contribution < 1.29 is 18.7 Å². The topological polar surface area (TPSA) is 76.6 Å². The SMILES string of the molecule is C[C@@H](NC(=O)c1ccnc(C2CCOCC2)n1)c1ccc(C(=C2CC3(C2)CN(C)CCO3)c2ccc(F)cc2)cc1. The highest BCUT2D eigenvalue weighted by molar-refractivity contribution is 5.92. The molecule has 0 unspecified atom stereocenters. The first kappa shape index (κ1) is 27.7. The van der Waals surface area contributed by atoms with Crippen LogP contribution in [0, 0.1) is 5.82 Å². The Morgan fingerprint density at radius 2 is 1.71 bits per heavy atom. The Hall–Kier alpha value is -3.46. The van der Waals surface area contributed by atoms with E-state index in [1.165, 1.54) is 17.7 Å². The molecule has 0 bridgehead atoms. The molecule has 1 spiro atoms. The lowest BCUT2D eigenvalue weighted by Gasteiger charge is -2.49. The number of benzene rings is 2. The van der Waals surface area contributed by atoms with Gasteiger partial charge in [0.1, 0.15) is 17.3 Å². The van der Waals surface area contributed by atoms with Gasteiger partial charge in [-0.25, -0.2) is 14.4 Å². The third kappa shape index (κ3) is 6.10. The van der Waals surface area contributed by atoms with Gasteiger partial charge in [-0.3, -0.25) is 4.79 Å². The molecule has 3 heterocycles. The standard InChI is InChI=1S/C33H37FN4O3/c1-22(36-32(39)29-11-14-35-31(37-29)26-12-16-40-17-13-26)23-3-5-24(6-4-23)30(25-7-9-28(34)10-8-25)27-19-33(20-27)21-38(2)15-18-41-33/h3-11,14,22,26H,12-13,15-21H2,1-2H3,(H,36,39)/t22-,33?/m1/s1. The van der Waals surface area contributed by atoms with Gasteiger partial charge in [-0.05, 0) is 80.1 Å². The maximum absolute atomic E-state index is 13.8. The average molecular weight is 557 g/mol. The van der Waals surface area contributed by atoms with Gasteiger partial charge in [0.05, 0.1) is 18.2 Å². The monoisotopic (exact) mass is 556 g/mol. The molecule has 6 rings (SSSR count). The maximum Gasteiger partial charge on any atom is 0.270 e. The number of nitrogens with zero attached hydrogens (tertiary/aromatic N) is 3. The smallest absolute Gasteiger partial charge is 0.270 e. The second kappa shape index (κ2) is 11.8. The molecule has 1 amide bonds. The number of halogens is 1. The number of amides is 1. The summed E-state index contributed by atoms with van der Waals surface area (Å²) in [4.78, 5) is 24.4. The van der Waals surface area contributed by atoms with Crippen LogP contribution < -0.4 is 5.32 Å². The normalized spacial score (nSPS) is 22.3. The summed E-state index contributed by atoms with van der Waals surface area (Å²) < 4.78 is 25.4. The van der Waals surface area contributed by atoms with Crippen molar-refractivity contribution >= 4 is 11.5 Å². The van der Waals surface area contributed by atoms with Crippen LogP contribution in [0.25, 0.3) is 5.57 Å². The number of ether oxygens (including phenoxy) is 2. The van der Waals surface area contributed by atoms with Gasteiger partial charge in [-0.15, -0.1) is 0 Å². The van der Waals surface area contributed by atoms with Gasteiger partial charge >= 0.3 is 0 Å². The molecule has 214 valence electrons. The number of aromatic nitrogens is 2. The van der Waals surface area contributed by atoms with Crippen LogP contribution in [-0.4, -0.2) is 66.3 Å². The summed E-state index contributed by atoms with van der Waals surface area (Å²) in [7, 11) is 2.14. The lowest BCUT2D eigenvalue weighted by Crippen LogP contribution is -2.55. The molecule has 0 radical (unpaired) electrons. The van der Waals surface area contributed by atoms with E-state index in [0.29, 0.717) is 24.7 Å². The molecule has 41 heavy (non-hydrogen) atoms. The second-order valence-corrected chi connectivity index (χ2v) is 11.6. The highest BCUT2D eigenvalue weighted by Gasteiger charge is 2.45. The van der Waals surface area contributed by atoms with Crippen molar-refractivity contribution in [2.24, 2.45) is 0 Å². The summed E-state index contributed by atoms with van der Waals surface area (Å²) in [5.41, 5.74) is 5.78. The molecule has 1 aromatic heterocycles. The molecule has 3 fully saturated rings. The summed E-state index contributed by atoms with van der Waals surface area (Å²) in [6.45, 7) is 5.99. The quantitative estimate of drug-likeness (QED) is 0.444. The Labute approximate surface area is 240 Å². The van der Waals surface area contributed by atoms with Crippen molar-refractivity contribution in [1.82, 2.24) is 20.2 Å². The first-order valence-electron chi connectivity index (χ1n) is 14.5. The number of morpholine rings is 1. The summed E-state index contributed by atoms with van der Waals surface area (Å²) in [6, 6.07) is 16.5. The molecule has 2 aliphatic heterocycles. The number of carbonyl (C=O) groups is 1. The molecule has 7 nitrogen and oxygen atoms in total. The Morgan fingerprint density at radius 1 is 1.02 bits per heavy atom. The van der Waals surface area contributed by atoms with E-state index in [4.69, 9.17) is 9.47 Å². The van der Waals surface area contributed by atoms with E-state index < -0.39 is 0 Å². The zero-order valence-electron chi connectivity index (χ0n) is 23.7. The highest BCUT2D eigenvalue weighted by Crippen LogP contribution is 2.47. The number of carbonyl (C=O) groups excluding carboxylic acids is 1. The van der Waals surface area contributed by atoms with Gasteiger partial charge in [-0.1, -0.05) is 42.0 Å². The Bertz CT molecular complexity index is 1410. The molecule has 1 atom stereocenters. The van der Waals surface area contributed by atoms with Gasteiger partial charge in [0, 0.05) is 38.4 Å². The van der Waals surface area contributed by atoms with Gasteiger partial charge in [0.15, 0.2) is 0 Å². The molecule has 1 N–H and O–H groups in total. The van der Waals surface area contributed by atoms with Crippen LogP contribution in [0.15, 0.2) is 66.4 Å². The average Bonchev–Trinajstić information content (AvgIpc) is 2.98. The molecule has 2 aromatic carbocycles. The molecule has 3 aromatic rings. The van der Waals surface area contributed by atoms with Crippen LogP contribution in [0.5, 0.6) is 0 Å². The van der Waals surface area contributed by atoms with Crippen molar-refractivity contribution in [2.45, 2.75) is 50.2 Å².